The first-order chi connectivity index (χ1) is 16.5. The molecule has 0 amide bonds. The summed E-state index contributed by atoms with van der Waals surface area (Å²) in [7, 11) is -4.36. The Balaban J connectivity index is 3.84. The van der Waals surface area contributed by atoms with E-state index in [0.717, 1.165) is 19.3 Å². The molecule has 0 aromatic carbocycles. The first kappa shape index (κ1) is 33.6. The van der Waals surface area contributed by atoms with Crippen LogP contribution in [0, 0.1) is 5.92 Å². The maximum absolute atomic E-state index is 11.0. The number of hydrogen-bond donors (Lipinski definition) is 1. The Kier molecular flexibility index (Phi) is 25.4. The Morgan fingerprint density at radius 1 is 0.618 bits per heavy atom. The second kappa shape index (κ2) is 25.7. The highest BCUT2D eigenvalue weighted by molar-refractivity contribution is 7.80. The van der Waals surface area contributed by atoms with Crippen molar-refractivity contribution in [2.24, 2.45) is 5.92 Å². The summed E-state index contributed by atoms with van der Waals surface area (Å²) in [6.45, 7) is 4.56. The van der Waals surface area contributed by atoms with Gasteiger partial charge in [0.15, 0.2) is 0 Å². The third-order valence-electron chi connectivity index (χ3n) is 6.74. The van der Waals surface area contributed by atoms with Gasteiger partial charge < -0.3 is 0 Å². The van der Waals surface area contributed by atoms with E-state index in [1.54, 1.807) is 0 Å². The summed E-state index contributed by atoms with van der Waals surface area (Å²) >= 11 is 0. The predicted molar refractivity (Wildman–Crippen MR) is 148 cm³/mol. The minimum Gasteiger partial charge on any atom is -0.264 e. The Morgan fingerprint density at radius 2 is 1.00 bits per heavy atom. The molecule has 0 fully saturated rings. The summed E-state index contributed by atoms with van der Waals surface area (Å²) in [6, 6.07) is 0. The molecule has 0 aromatic heterocycles. The van der Waals surface area contributed by atoms with Crippen molar-refractivity contribution in [1.29, 1.82) is 0 Å². The van der Waals surface area contributed by atoms with E-state index >= 15 is 0 Å². The number of unbranched alkanes of at least 4 members (excludes halogenated alkanes) is 20. The first-order valence-electron chi connectivity index (χ1n) is 14.8. The van der Waals surface area contributed by atoms with Gasteiger partial charge >= 0.3 is 10.4 Å². The van der Waals surface area contributed by atoms with Crippen molar-refractivity contribution in [3.8, 4) is 0 Å². The topological polar surface area (TPSA) is 63.6 Å². The lowest BCUT2D eigenvalue weighted by molar-refractivity contribution is 0.234. The van der Waals surface area contributed by atoms with Crippen LogP contribution in [-0.2, 0) is 14.6 Å². The fourth-order valence-electron chi connectivity index (χ4n) is 4.52. The Labute approximate surface area is 213 Å². The van der Waals surface area contributed by atoms with Crippen LogP contribution in [0.25, 0.3) is 0 Å². The van der Waals surface area contributed by atoms with Gasteiger partial charge in [-0.2, -0.15) is 8.42 Å². The molecule has 0 rings (SSSR count). The van der Waals surface area contributed by atoms with Gasteiger partial charge in [-0.05, 0) is 19.3 Å². The molecule has 1 unspecified atom stereocenters. The molecule has 1 atom stereocenters. The third-order valence-corrected chi connectivity index (χ3v) is 7.18. The summed E-state index contributed by atoms with van der Waals surface area (Å²) in [5.74, 6) is 0.0590. The van der Waals surface area contributed by atoms with Gasteiger partial charge in [0.1, 0.15) is 0 Å². The van der Waals surface area contributed by atoms with Crippen LogP contribution < -0.4 is 0 Å². The Hall–Kier alpha value is -0.390. The van der Waals surface area contributed by atoms with E-state index in [0.29, 0.717) is 0 Å². The molecule has 0 aromatic rings. The van der Waals surface area contributed by atoms with Crippen LogP contribution in [0.2, 0.25) is 0 Å². The van der Waals surface area contributed by atoms with E-state index in [2.05, 4.69) is 30.2 Å². The average molecular weight is 503 g/mol. The highest BCUT2D eigenvalue weighted by atomic mass is 32.3. The number of hydrogen-bond acceptors (Lipinski definition) is 3. The predicted octanol–water partition coefficient (Wildman–Crippen LogP) is 9.99. The molecule has 0 aliphatic carbocycles. The van der Waals surface area contributed by atoms with E-state index in [4.69, 9.17) is 4.55 Å². The largest absolute Gasteiger partial charge is 0.397 e. The van der Waals surface area contributed by atoms with E-state index in [1.165, 1.54) is 128 Å². The Bertz CT molecular complexity index is 530. The monoisotopic (exact) mass is 502 g/mol. The molecule has 34 heavy (non-hydrogen) atoms. The summed E-state index contributed by atoms with van der Waals surface area (Å²) in [4.78, 5) is 0. The van der Waals surface area contributed by atoms with Crippen LogP contribution in [0.4, 0.5) is 0 Å². The van der Waals surface area contributed by atoms with E-state index in [-0.39, 0.29) is 12.5 Å². The highest BCUT2D eigenvalue weighted by Gasteiger charge is 2.11. The van der Waals surface area contributed by atoms with Crippen LogP contribution in [0.15, 0.2) is 12.2 Å². The molecular weight excluding hydrogens is 444 g/mol. The molecule has 0 heterocycles. The molecule has 5 heteroatoms. The molecule has 0 aliphatic rings. The summed E-state index contributed by atoms with van der Waals surface area (Å²) in [6.07, 6.45) is 33.9. The Morgan fingerprint density at radius 3 is 1.41 bits per heavy atom. The average Bonchev–Trinajstić information content (AvgIpc) is 2.80. The van der Waals surface area contributed by atoms with Crippen molar-refractivity contribution in [2.45, 2.75) is 162 Å². The smallest absolute Gasteiger partial charge is 0.264 e. The molecule has 1 N–H and O–H groups in total. The zero-order valence-electron chi connectivity index (χ0n) is 22.8. The lowest BCUT2D eigenvalue weighted by atomic mass is 9.99. The molecule has 0 saturated carbocycles. The maximum atomic E-state index is 11.0. The van der Waals surface area contributed by atoms with Gasteiger partial charge in [-0.25, -0.2) is 4.18 Å². The van der Waals surface area contributed by atoms with Crippen molar-refractivity contribution in [3.63, 3.8) is 0 Å². The van der Waals surface area contributed by atoms with E-state index in [9.17, 15) is 8.42 Å². The normalized spacial score (nSPS) is 13.1. The fraction of sp³-hybridized carbons (Fsp3) is 0.931. The molecule has 4 nitrogen and oxygen atoms in total. The second-order valence-electron chi connectivity index (χ2n) is 10.2. The molecule has 0 aliphatic heterocycles. The minimum atomic E-state index is -4.36. The van der Waals surface area contributed by atoms with Crippen molar-refractivity contribution in [3.05, 3.63) is 12.2 Å². The third kappa shape index (κ3) is 27.9. The quantitative estimate of drug-likeness (QED) is 0.0689. The van der Waals surface area contributed by atoms with Gasteiger partial charge in [-0.1, -0.05) is 154 Å². The van der Waals surface area contributed by atoms with Gasteiger partial charge in [0.05, 0.1) is 6.61 Å². The maximum Gasteiger partial charge on any atom is 0.397 e. The molecule has 0 bridgehead atoms. The number of rotatable bonds is 27. The summed E-state index contributed by atoms with van der Waals surface area (Å²) in [5.41, 5.74) is 0. The van der Waals surface area contributed by atoms with Gasteiger partial charge in [0.2, 0.25) is 0 Å². The summed E-state index contributed by atoms with van der Waals surface area (Å²) in [5, 5.41) is 0. The lowest BCUT2D eigenvalue weighted by Gasteiger charge is -2.12. The SMILES string of the molecule is CCCCCCCCCCCCC/C=C/C(CCCCCCCCCCCC)COS(=O)(=O)O. The second-order valence-corrected chi connectivity index (χ2v) is 11.3. The van der Waals surface area contributed by atoms with Gasteiger partial charge in [0, 0.05) is 5.92 Å². The van der Waals surface area contributed by atoms with Crippen molar-refractivity contribution >= 4 is 10.4 Å². The molecule has 204 valence electrons. The molecule has 0 radical (unpaired) electrons. The van der Waals surface area contributed by atoms with Gasteiger partial charge in [-0.3, -0.25) is 4.55 Å². The fourth-order valence-corrected chi connectivity index (χ4v) is 4.86. The van der Waals surface area contributed by atoms with Crippen LogP contribution in [0.3, 0.4) is 0 Å². The van der Waals surface area contributed by atoms with Crippen LogP contribution in [0.1, 0.15) is 162 Å². The molecule has 0 spiro atoms. The van der Waals surface area contributed by atoms with E-state index in [1.807, 2.05) is 0 Å². The zero-order valence-corrected chi connectivity index (χ0v) is 23.6. The van der Waals surface area contributed by atoms with Crippen molar-refractivity contribution in [1.82, 2.24) is 0 Å². The summed E-state index contributed by atoms with van der Waals surface area (Å²) < 4.78 is 35.5. The molecule has 0 saturated heterocycles. The standard InChI is InChI=1S/C29H58O4S/c1-3-5-7-9-11-13-15-16-17-19-21-23-25-27-29(28-33-34(30,31)32)26-24-22-20-18-14-12-10-8-6-4-2/h25,27,29H,3-24,26,28H2,1-2H3,(H,30,31,32)/b27-25+. The molecular formula is C29H58O4S. The van der Waals surface area contributed by atoms with E-state index < -0.39 is 10.4 Å². The van der Waals surface area contributed by atoms with Crippen LogP contribution >= 0.6 is 0 Å². The number of allylic oxidation sites excluding steroid dienone is 1. The van der Waals surface area contributed by atoms with Crippen molar-refractivity contribution in [2.75, 3.05) is 6.61 Å². The van der Waals surface area contributed by atoms with Crippen LogP contribution in [0.5, 0.6) is 0 Å². The lowest BCUT2D eigenvalue weighted by Crippen LogP contribution is -2.12. The van der Waals surface area contributed by atoms with Gasteiger partial charge in [0.25, 0.3) is 0 Å². The van der Waals surface area contributed by atoms with Crippen molar-refractivity contribution < 1.29 is 17.2 Å². The van der Waals surface area contributed by atoms with Crippen LogP contribution in [-0.4, -0.2) is 19.6 Å². The minimum absolute atomic E-state index is 0.0466. The highest BCUT2D eigenvalue weighted by Crippen LogP contribution is 2.17. The van der Waals surface area contributed by atoms with Gasteiger partial charge in [-0.15, -0.1) is 0 Å². The first-order valence-corrected chi connectivity index (χ1v) is 16.1. The zero-order chi connectivity index (χ0) is 25.2.